The largest absolute Gasteiger partial charge is 0.508 e. The molecular weight excluding hydrogens is 230 g/mol. The van der Waals surface area contributed by atoms with Gasteiger partial charge in [0.05, 0.1) is 6.20 Å². The first kappa shape index (κ1) is 12.2. The number of benzene rings is 1. The predicted octanol–water partition coefficient (Wildman–Crippen LogP) is 2.10. The van der Waals surface area contributed by atoms with Gasteiger partial charge in [0.25, 0.3) is 0 Å². The van der Waals surface area contributed by atoms with Crippen LogP contribution in [0.3, 0.4) is 0 Å². The molecule has 1 heterocycles. The maximum atomic E-state index is 12.0. The minimum absolute atomic E-state index is 0.121. The molecule has 1 amide bonds. The molecule has 0 saturated carbocycles. The molecule has 0 aliphatic rings. The summed E-state index contributed by atoms with van der Waals surface area (Å²) < 4.78 is 1.60. The molecule has 5 heteroatoms. The number of nitrogens with one attached hydrogen (secondary N) is 1. The molecule has 5 nitrogen and oxygen atoms in total. The molecule has 0 saturated heterocycles. The minimum Gasteiger partial charge on any atom is -0.508 e. The van der Waals surface area contributed by atoms with Crippen molar-refractivity contribution in [2.45, 2.75) is 19.9 Å². The molecule has 94 valence electrons. The van der Waals surface area contributed by atoms with E-state index in [9.17, 15) is 9.90 Å². The van der Waals surface area contributed by atoms with Crippen molar-refractivity contribution in [3.8, 4) is 5.75 Å². The number of amides is 1. The zero-order chi connectivity index (χ0) is 13.1. The van der Waals surface area contributed by atoms with Crippen LogP contribution in [0.5, 0.6) is 5.75 Å². The highest BCUT2D eigenvalue weighted by molar-refractivity contribution is 5.93. The number of rotatable bonds is 3. The lowest BCUT2D eigenvalue weighted by Gasteiger charge is -2.12. The van der Waals surface area contributed by atoms with E-state index in [0.717, 1.165) is 5.56 Å². The Hall–Kier alpha value is -2.30. The van der Waals surface area contributed by atoms with Crippen LogP contribution >= 0.6 is 0 Å². The van der Waals surface area contributed by atoms with Crippen molar-refractivity contribution in [2.24, 2.45) is 0 Å². The van der Waals surface area contributed by atoms with Crippen LogP contribution in [0, 0.1) is 6.92 Å². The quantitative estimate of drug-likeness (QED) is 0.870. The van der Waals surface area contributed by atoms with Gasteiger partial charge in [0.1, 0.15) is 11.8 Å². The van der Waals surface area contributed by atoms with Gasteiger partial charge in [-0.3, -0.25) is 9.48 Å². The summed E-state index contributed by atoms with van der Waals surface area (Å²) in [5.41, 5.74) is 1.57. The van der Waals surface area contributed by atoms with Crippen LogP contribution in [-0.4, -0.2) is 20.8 Å². The van der Waals surface area contributed by atoms with Crippen LogP contribution in [-0.2, 0) is 4.79 Å². The lowest BCUT2D eigenvalue weighted by atomic mass is 10.2. The number of aromatic nitrogens is 2. The second-order valence-corrected chi connectivity index (χ2v) is 4.21. The SMILES string of the molecule is Cc1cnn(C(C)C(=O)Nc2cccc(O)c2)c1. The van der Waals surface area contributed by atoms with Crippen LogP contribution < -0.4 is 5.32 Å². The van der Waals surface area contributed by atoms with Gasteiger partial charge < -0.3 is 10.4 Å². The second-order valence-electron chi connectivity index (χ2n) is 4.21. The van der Waals surface area contributed by atoms with Crippen LogP contribution in [0.2, 0.25) is 0 Å². The molecule has 0 radical (unpaired) electrons. The number of aryl methyl sites for hydroxylation is 1. The highest BCUT2D eigenvalue weighted by Gasteiger charge is 2.15. The van der Waals surface area contributed by atoms with E-state index in [-0.39, 0.29) is 11.7 Å². The van der Waals surface area contributed by atoms with Gasteiger partial charge in [-0.25, -0.2) is 0 Å². The third-order valence-corrected chi connectivity index (χ3v) is 2.62. The molecule has 1 aromatic carbocycles. The Morgan fingerprint density at radius 2 is 2.28 bits per heavy atom. The van der Waals surface area contributed by atoms with Gasteiger partial charge >= 0.3 is 0 Å². The van der Waals surface area contributed by atoms with E-state index < -0.39 is 6.04 Å². The Labute approximate surface area is 105 Å². The number of carbonyl (C=O) groups is 1. The number of carbonyl (C=O) groups excluding carboxylic acids is 1. The van der Waals surface area contributed by atoms with E-state index in [1.54, 1.807) is 36.0 Å². The van der Waals surface area contributed by atoms with E-state index in [0.29, 0.717) is 5.69 Å². The summed E-state index contributed by atoms with van der Waals surface area (Å²) in [6.45, 7) is 3.69. The summed E-state index contributed by atoms with van der Waals surface area (Å²) in [6, 6.07) is 6.04. The maximum Gasteiger partial charge on any atom is 0.248 e. The van der Waals surface area contributed by atoms with E-state index in [1.165, 1.54) is 6.07 Å². The molecule has 0 fully saturated rings. The van der Waals surface area contributed by atoms with Crippen molar-refractivity contribution in [1.29, 1.82) is 0 Å². The smallest absolute Gasteiger partial charge is 0.248 e. The molecule has 0 bridgehead atoms. The van der Waals surface area contributed by atoms with Gasteiger partial charge in [0.2, 0.25) is 5.91 Å². The van der Waals surface area contributed by atoms with Gasteiger partial charge in [-0.05, 0) is 31.5 Å². The fourth-order valence-electron chi connectivity index (χ4n) is 1.60. The van der Waals surface area contributed by atoms with Crippen LogP contribution in [0.25, 0.3) is 0 Å². The highest BCUT2D eigenvalue weighted by atomic mass is 16.3. The lowest BCUT2D eigenvalue weighted by Crippen LogP contribution is -2.23. The normalized spacial score (nSPS) is 12.1. The molecule has 1 atom stereocenters. The zero-order valence-electron chi connectivity index (χ0n) is 10.3. The average molecular weight is 245 g/mol. The van der Waals surface area contributed by atoms with E-state index in [4.69, 9.17) is 0 Å². The van der Waals surface area contributed by atoms with E-state index >= 15 is 0 Å². The first-order chi connectivity index (χ1) is 8.56. The van der Waals surface area contributed by atoms with Gasteiger partial charge in [-0.2, -0.15) is 5.10 Å². The van der Waals surface area contributed by atoms with E-state index in [1.807, 2.05) is 13.1 Å². The van der Waals surface area contributed by atoms with Gasteiger partial charge in [0, 0.05) is 18.0 Å². The topological polar surface area (TPSA) is 67.2 Å². The number of nitrogens with zero attached hydrogens (tertiary/aromatic N) is 2. The fourth-order valence-corrected chi connectivity index (χ4v) is 1.60. The van der Waals surface area contributed by atoms with Crippen molar-refractivity contribution in [3.63, 3.8) is 0 Å². The second kappa shape index (κ2) is 4.91. The molecule has 0 spiro atoms. The molecule has 1 unspecified atom stereocenters. The number of hydrogen-bond acceptors (Lipinski definition) is 3. The molecule has 2 rings (SSSR count). The predicted molar refractivity (Wildman–Crippen MR) is 68.4 cm³/mol. The van der Waals surface area contributed by atoms with Crippen molar-refractivity contribution in [1.82, 2.24) is 9.78 Å². The summed E-state index contributed by atoms with van der Waals surface area (Å²) in [5.74, 6) is -0.0564. The Morgan fingerprint density at radius 3 is 2.89 bits per heavy atom. The van der Waals surface area contributed by atoms with Crippen molar-refractivity contribution in [3.05, 3.63) is 42.2 Å². The molecule has 2 N–H and O–H groups in total. The maximum absolute atomic E-state index is 12.0. The molecule has 0 aliphatic heterocycles. The molecule has 18 heavy (non-hydrogen) atoms. The zero-order valence-corrected chi connectivity index (χ0v) is 10.3. The minimum atomic E-state index is -0.402. The summed E-state index contributed by atoms with van der Waals surface area (Å²) >= 11 is 0. The van der Waals surface area contributed by atoms with Crippen molar-refractivity contribution in [2.75, 3.05) is 5.32 Å². The van der Waals surface area contributed by atoms with Crippen LogP contribution in [0.1, 0.15) is 18.5 Å². The van der Waals surface area contributed by atoms with Gasteiger partial charge in [-0.1, -0.05) is 6.07 Å². The number of anilines is 1. The number of phenolic OH excluding ortho intramolecular Hbond substituents is 1. The van der Waals surface area contributed by atoms with E-state index in [2.05, 4.69) is 10.4 Å². The third kappa shape index (κ3) is 2.68. The average Bonchev–Trinajstić information content (AvgIpc) is 2.75. The van der Waals surface area contributed by atoms with Gasteiger partial charge in [-0.15, -0.1) is 0 Å². The number of phenols is 1. The molecule has 1 aromatic heterocycles. The molecular formula is C13H15N3O2. The fraction of sp³-hybridized carbons (Fsp3) is 0.231. The first-order valence-corrected chi connectivity index (χ1v) is 5.67. The molecule has 0 aliphatic carbocycles. The lowest BCUT2D eigenvalue weighted by molar-refractivity contribution is -0.119. The van der Waals surface area contributed by atoms with Gasteiger partial charge in [0.15, 0.2) is 0 Å². The monoisotopic (exact) mass is 245 g/mol. The summed E-state index contributed by atoms with van der Waals surface area (Å²) in [5, 5.41) is 16.1. The Bertz CT molecular complexity index is 563. The summed E-state index contributed by atoms with van der Waals surface area (Å²) in [6.07, 6.45) is 3.52. The highest BCUT2D eigenvalue weighted by Crippen LogP contribution is 2.17. The summed E-state index contributed by atoms with van der Waals surface area (Å²) in [4.78, 5) is 12.0. The Morgan fingerprint density at radius 1 is 1.50 bits per heavy atom. The molecule has 2 aromatic rings. The third-order valence-electron chi connectivity index (χ3n) is 2.62. The standard InChI is InChI=1S/C13H15N3O2/c1-9-7-14-16(8-9)10(2)13(18)15-11-4-3-5-12(17)6-11/h3-8,10,17H,1-2H3,(H,15,18). The first-order valence-electron chi connectivity index (χ1n) is 5.67. The van der Waals surface area contributed by atoms with Crippen LogP contribution in [0.15, 0.2) is 36.7 Å². The van der Waals surface area contributed by atoms with Crippen molar-refractivity contribution >= 4 is 11.6 Å². The number of hydrogen-bond donors (Lipinski definition) is 2. The van der Waals surface area contributed by atoms with Crippen LogP contribution in [0.4, 0.5) is 5.69 Å². The Balaban J connectivity index is 2.08. The number of aromatic hydroxyl groups is 1. The van der Waals surface area contributed by atoms with Crippen molar-refractivity contribution < 1.29 is 9.90 Å². The summed E-state index contributed by atoms with van der Waals surface area (Å²) in [7, 11) is 0. The Kier molecular flexibility index (Phi) is 3.32.